The third-order valence-electron chi connectivity index (χ3n) is 2.17. The molecule has 0 aliphatic heterocycles. The number of hydrogen-bond donors (Lipinski definition) is 3. The summed E-state index contributed by atoms with van der Waals surface area (Å²) in [7, 11) is 0. The van der Waals surface area contributed by atoms with Gasteiger partial charge in [-0.2, -0.15) is 0 Å². The molecule has 1 heterocycles. The van der Waals surface area contributed by atoms with E-state index in [9.17, 15) is 4.79 Å². The molecule has 80 valence electrons. The van der Waals surface area contributed by atoms with Gasteiger partial charge in [-0.25, -0.2) is 4.98 Å². The quantitative estimate of drug-likeness (QED) is 0.651. The fourth-order valence-electron chi connectivity index (χ4n) is 1.34. The standard InChI is InChI=1S/C11H10N4O/c12-6-8-9(13)11(16)15-10(14-8)7-4-2-1-3-5-7/h1-6,12H,13H2,(H,14,15,16). The average molecular weight is 214 g/mol. The molecule has 0 atom stereocenters. The second-order valence-corrected chi connectivity index (χ2v) is 3.22. The van der Waals surface area contributed by atoms with E-state index in [4.69, 9.17) is 11.1 Å². The van der Waals surface area contributed by atoms with Crippen molar-refractivity contribution >= 4 is 11.9 Å². The maximum atomic E-state index is 11.5. The van der Waals surface area contributed by atoms with Gasteiger partial charge in [-0.05, 0) is 0 Å². The molecule has 1 aromatic heterocycles. The Hall–Kier alpha value is -2.43. The second-order valence-electron chi connectivity index (χ2n) is 3.22. The summed E-state index contributed by atoms with van der Waals surface area (Å²) >= 11 is 0. The lowest BCUT2D eigenvalue weighted by atomic mass is 10.2. The Morgan fingerprint density at radius 3 is 2.62 bits per heavy atom. The largest absolute Gasteiger partial charge is 0.392 e. The minimum absolute atomic E-state index is 0.0327. The highest BCUT2D eigenvalue weighted by atomic mass is 16.1. The lowest BCUT2D eigenvalue weighted by Gasteiger charge is -2.03. The molecule has 0 bridgehead atoms. The van der Waals surface area contributed by atoms with Crippen LogP contribution in [-0.4, -0.2) is 16.2 Å². The molecule has 0 aliphatic carbocycles. The van der Waals surface area contributed by atoms with Crippen LogP contribution < -0.4 is 11.3 Å². The Morgan fingerprint density at radius 1 is 1.31 bits per heavy atom. The minimum atomic E-state index is -0.424. The fraction of sp³-hybridized carbons (Fsp3) is 0. The van der Waals surface area contributed by atoms with Crippen LogP contribution in [-0.2, 0) is 0 Å². The molecule has 5 nitrogen and oxygen atoms in total. The van der Waals surface area contributed by atoms with Gasteiger partial charge in [-0.1, -0.05) is 30.3 Å². The lowest BCUT2D eigenvalue weighted by Crippen LogP contribution is -2.17. The summed E-state index contributed by atoms with van der Waals surface area (Å²) in [4.78, 5) is 18.1. The predicted molar refractivity (Wildman–Crippen MR) is 62.6 cm³/mol. The van der Waals surface area contributed by atoms with Gasteiger partial charge in [0.2, 0.25) is 0 Å². The zero-order valence-electron chi connectivity index (χ0n) is 8.40. The summed E-state index contributed by atoms with van der Waals surface area (Å²) in [5, 5.41) is 7.12. The SMILES string of the molecule is N=Cc1nc(-c2ccccc2)[nH]c(=O)c1N. The van der Waals surface area contributed by atoms with Crippen LogP contribution in [0.4, 0.5) is 5.69 Å². The zero-order valence-corrected chi connectivity index (χ0v) is 8.40. The number of nitrogen functional groups attached to an aromatic ring is 1. The van der Waals surface area contributed by atoms with Gasteiger partial charge in [0.1, 0.15) is 17.2 Å². The van der Waals surface area contributed by atoms with Crippen molar-refractivity contribution in [2.45, 2.75) is 0 Å². The van der Waals surface area contributed by atoms with Crippen LogP contribution in [0.2, 0.25) is 0 Å². The van der Waals surface area contributed by atoms with E-state index in [1.807, 2.05) is 30.3 Å². The summed E-state index contributed by atoms with van der Waals surface area (Å²) in [6.07, 6.45) is 0.969. The minimum Gasteiger partial charge on any atom is -0.392 e. The van der Waals surface area contributed by atoms with Crippen LogP contribution in [0.15, 0.2) is 35.1 Å². The summed E-state index contributed by atoms with van der Waals surface area (Å²) in [5.74, 6) is 0.415. The maximum Gasteiger partial charge on any atom is 0.275 e. The third kappa shape index (κ3) is 1.70. The number of rotatable bonds is 2. The Bertz CT molecular complexity index is 574. The molecule has 4 N–H and O–H groups in total. The Kier molecular flexibility index (Phi) is 2.51. The molecule has 0 amide bonds. The van der Waals surface area contributed by atoms with Crippen molar-refractivity contribution < 1.29 is 0 Å². The van der Waals surface area contributed by atoms with E-state index in [1.165, 1.54) is 0 Å². The molecule has 1 aromatic carbocycles. The predicted octanol–water partition coefficient (Wildman–Crippen LogP) is 1.02. The molecule has 0 aliphatic rings. The Labute approximate surface area is 91.5 Å². The monoisotopic (exact) mass is 214 g/mol. The first-order chi connectivity index (χ1) is 7.72. The van der Waals surface area contributed by atoms with Crippen LogP contribution in [0.3, 0.4) is 0 Å². The van der Waals surface area contributed by atoms with Gasteiger partial charge >= 0.3 is 0 Å². The molecule has 0 radical (unpaired) electrons. The van der Waals surface area contributed by atoms with Crippen molar-refractivity contribution in [1.82, 2.24) is 9.97 Å². The lowest BCUT2D eigenvalue weighted by molar-refractivity contribution is 1.12. The summed E-state index contributed by atoms with van der Waals surface area (Å²) in [6.45, 7) is 0. The molecule has 0 spiro atoms. The molecule has 16 heavy (non-hydrogen) atoms. The van der Waals surface area contributed by atoms with Gasteiger partial charge in [0, 0.05) is 11.8 Å². The summed E-state index contributed by atoms with van der Waals surface area (Å²) < 4.78 is 0. The van der Waals surface area contributed by atoms with Gasteiger partial charge in [-0.3, -0.25) is 4.79 Å². The highest BCUT2D eigenvalue weighted by Crippen LogP contribution is 2.13. The van der Waals surface area contributed by atoms with Crippen molar-refractivity contribution in [2.24, 2.45) is 0 Å². The smallest absolute Gasteiger partial charge is 0.275 e. The number of aromatic nitrogens is 2. The second kappa shape index (κ2) is 3.98. The van der Waals surface area contributed by atoms with Crippen molar-refractivity contribution in [3.63, 3.8) is 0 Å². The van der Waals surface area contributed by atoms with Crippen LogP contribution in [0.5, 0.6) is 0 Å². The van der Waals surface area contributed by atoms with Gasteiger partial charge in [-0.15, -0.1) is 0 Å². The molecule has 2 aromatic rings. The van der Waals surface area contributed by atoms with Crippen molar-refractivity contribution in [3.05, 3.63) is 46.4 Å². The molecule has 0 fully saturated rings. The van der Waals surface area contributed by atoms with E-state index in [-0.39, 0.29) is 11.4 Å². The molecule has 0 saturated heterocycles. The van der Waals surface area contributed by atoms with Crippen LogP contribution in [0.1, 0.15) is 5.69 Å². The summed E-state index contributed by atoms with van der Waals surface area (Å²) in [6, 6.07) is 9.20. The average Bonchev–Trinajstić information content (AvgIpc) is 2.33. The van der Waals surface area contributed by atoms with Gasteiger partial charge in [0.15, 0.2) is 0 Å². The Morgan fingerprint density at radius 2 is 2.00 bits per heavy atom. The molecular weight excluding hydrogens is 204 g/mol. The zero-order chi connectivity index (χ0) is 11.5. The van der Waals surface area contributed by atoms with E-state index in [0.717, 1.165) is 11.8 Å². The Balaban J connectivity index is 2.64. The summed E-state index contributed by atoms with van der Waals surface area (Å²) in [5.41, 5.74) is 5.99. The number of H-pyrrole nitrogens is 1. The number of benzene rings is 1. The number of hydrogen-bond acceptors (Lipinski definition) is 4. The topological polar surface area (TPSA) is 95.6 Å². The first-order valence-corrected chi connectivity index (χ1v) is 4.68. The van der Waals surface area contributed by atoms with Gasteiger partial charge in [0.25, 0.3) is 5.56 Å². The van der Waals surface area contributed by atoms with E-state index in [2.05, 4.69) is 9.97 Å². The third-order valence-corrected chi connectivity index (χ3v) is 2.17. The van der Waals surface area contributed by atoms with E-state index < -0.39 is 5.56 Å². The van der Waals surface area contributed by atoms with Crippen molar-refractivity contribution in [2.75, 3.05) is 5.73 Å². The van der Waals surface area contributed by atoms with Crippen molar-refractivity contribution in [3.8, 4) is 11.4 Å². The van der Waals surface area contributed by atoms with Crippen molar-refractivity contribution in [1.29, 1.82) is 5.41 Å². The molecule has 5 heteroatoms. The van der Waals surface area contributed by atoms with E-state index >= 15 is 0 Å². The number of nitrogens with one attached hydrogen (secondary N) is 2. The maximum absolute atomic E-state index is 11.5. The first-order valence-electron chi connectivity index (χ1n) is 4.68. The van der Waals surface area contributed by atoms with E-state index in [1.54, 1.807) is 0 Å². The normalized spacial score (nSPS) is 10.0. The molecule has 2 rings (SSSR count). The molecule has 0 saturated carbocycles. The van der Waals surface area contributed by atoms with E-state index in [0.29, 0.717) is 5.82 Å². The van der Waals surface area contributed by atoms with Gasteiger partial charge in [0.05, 0.1) is 0 Å². The van der Waals surface area contributed by atoms with Gasteiger partial charge < -0.3 is 16.1 Å². The van der Waals surface area contributed by atoms with Crippen LogP contribution in [0.25, 0.3) is 11.4 Å². The number of nitrogens with zero attached hydrogens (tertiary/aromatic N) is 1. The molecular formula is C11H10N4O. The number of aromatic amines is 1. The number of anilines is 1. The number of nitrogens with two attached hydrogens (primary N) is 1. The highest BCUT2D eigenvalue weighted by Gasteiger charge is 2.07. The molecule has 0 unspecified atom stereocenters. The van der Waals surface area contributed by atoms with Crippen LogP contribution in [0, 0.1) is 5.41 Å². The van der Waals surface area contributed by atoms with Crippen LogP contribution >= 0.6 is 0 Å². The first kappa shape index (κ1) is 10.1. The fourth-order valence-corrected chi connectivity index (χ4v) is 1.34. The highest BCUT2D eigenvalue weighted by molar-refractivity contribution is 5.82.